The fraction of sp³-hybridized carbons (Fsp3) is 0.500. The second-order valence-electron chi connectivity index (χ2n) is 6.72. The van der Waals surface area contributed by atoms with Crippen LogP contribution in [0.3, 0.4) is 0 Å². The van der Waals surface area contributed by atoms with E-state index in [1.165, 1.54) is 28.0 Å². The van der Waals surface area contributed by atoms with Gasteiger partial charge in [-0.2, -0.15) is 0 Å². The molecule has 0 aliphatic carbocycles. The molecule has 2 fully saturated rings. The summed E-state index contributed by atoms with van der Waals surface area (Å²) in [5.74, 6) is -2.14. The minimum absolute atomic E-state index is 0.0939. The Balaban J connectivity index is 1.63. The summed E-state index contributed by atoms with van der Waals surface area (Å²) >= 11 is 0. The molecule has 7 nitrogen and oxygen atoms in total. The summed E-state index contributed by atoms with van der Waals surface area (Å²) in [6.45, 7) is 1.13. The van der Waals surface area contributed by atoms with Crippen LogP contribution < -0.4 is 5.32 Å². The minimum atomic E-state index is -0.985. The molecule has 140 valence electrons. The highest BCUT2D eigenvalue weighted by Gasteiger charge is 2.39. The average molecular weight is 363 g/mol. The molecule has 2 atom stereocenters. The molecule has 3 amide bonds. The maximum atomic E-state index is 13.7. The van der Waals surface area contributed by atoms with Crippen LogP contribution in [0.2, 0.25) is 0 Å². The largest absolute Gasteiger partial charge is 0.480 e. The van der Waals surface area contributed by atoms with E-state index < -0.39 is 29.8 Å². The fourth-order valence-corrected chi connectivity index (χ4v) is 3.64. The molecule has 26 heavy (non-hydrogen) atoms. The number of piperidine rings is 1. The second kappa shape index (κ2) is 7.72. The third-order valence-corrected chi connectivity index (χ3v) is 4.99. The highest BCUT2D eigenvalue weighted by Crippen LogP contribution is 2.25. The van der Waals surface area contributed by atoms with Crippen molar-refractivity contribution in [1.29, 1.82) is 0 Å². The average Bonchev–Trinajstić information content (AvgIpc) is 3.13. The van der Waals surface area contributed by atoms with Crippen LogP contribution in [0.15, 0.2) is 24.3 Å². The zero-order chi connectivity index (χ0) is 18.7. The molecule has 0 saturated carbocycles. The number of carbonyl (C=O) groups excluding carboxylic acids is 2. The Hall–Kier alpha value is -2.64. The van der Waals surface area contributed by atoms with Crippen molar-refractivity contribution in [1.82, 2.24) is 9.80 Å². The van der Waals surface area contributed by atoms with Gasteiger partial charge in [0.15, 0.2) is 0 Å². The maximum absolute atomic E-state index is 13.7. The van der Waals surface area contributed by atoms with Crippen LogP contribution in [0.5, 0.6) is 0 Å². The number of carboxylic acids is 1. The van der Waals surface area contributed by atoms with Gasteiger partial charge in [-0.05, 0) is 37.8 Å². The van der Waals surface area contributed by atoms with E-state index in [-0.39, 0.29) is 18.1 Å². The summed E-state index contributed by atoms with van der Waals surface area (Å²) in [7, 11) is 0. The number of halogens is 1. The van der Waals surface area contributed by atoms with Gasteiger partial charge in [0.1, 0.15) is 11.9 Å². The number of likely N-dealkylation sites (tertiary alicyclic amines) is 2. The van der Waals surface area contributed by atoms with Crippen LogP contribution in [0, 0.1) is 11.7 Å². The summed E-state index contributed by atoms with van der Waals surface area (Å²) in [5, 5.41) is 11.8. The molecule has 2 N–H and O–H groups in total. The molecule has 1 aromatic rings. The Labute approximate surface area is 150 Å². The van der Waals surface area contributed by atoms with E-state index in [9.17, 15) is 23.9 Å². The number of nitrogens with one attached hydrogen (secondary N) is 1. The van der Waals surface area contributed by atoms with Gasteiger partial charge in [0, 0.05) is 19.6 Å². The number of amides is 3. The van der Waals surface area contributed by atoms with E-state index in [1.807, 2.05) is 0 Å². The lowest BCUT2D eigenvalue weighted by molar-refractivity contribution is -0.150. The van der Waals surface area contributed by atoms with Crippen molar-refractivity contribution in [2.45, 2.75) is 31.7 Å². The highest BCUT2D eigenvalue weighted by atomic mass is 19.1. The van der Waals surface area contributed by atoms with Crippen molar-refractivity contribution in [3.8, 4) is 0 Å². The normalized spacial score (nSPS) is 23.0. The Morgan fingerprint density at radius 1 is 1.12 bits per heavy atom. The number of hydrogen-bond acceptors (Lipinski definition) is 3. The zero-order valence-electron chi connectivity index (χ0n) is 14.4. The van der Waals surface area contributed by atoms with Gasteiger partial charge in [-0.25, -0.2) is 14.0 Å². The Bertz CT molecular complexity index is 711. The smallest absolute Gasteiger partial charge is 0.326 e. The van der Waals surface area contributed by atoms with Crippen molar-refractivity contribution in [3.05, 3.63) is 30.1 Å². The number of aliphatic carboxylic acids is 1. The third kappa shape index (κ3) is 3.79. The molecule has 0 spiro atoms. The van der Waals surface area contributed by atoms with E-state index in [2.05, 4.69) is 5.32 Å². The number of anilines is 1. The molecule has 2 aliphatic rings. The lowest BCUT2D eigenvalue weighted by Gasteiger charge is -2.34. The lowest BCUT2D eigenvalue weighted by Crippen LogP contribution is -2.50. The summed E-state index contributed by atoms with van der Waals surface area (Å²) < 4.78 is 13.7. The Morgan fingerprint density at radius 3 is 2.58 bits per heavy atom. The van der Waals surface area contributed by atoms with Crippen molar-refractivity contribution in [2.75, 3.05) is 25.0 Å². The first-order chi connectivity index (χ1) is 12.5. The molecule has 1 aromatic carbocycles. The van der Waals surface area contributed by atoms with Crippen LogP contribution in [0.25, 0.3) is 0 Å². The van der Waals surface area contributed by atoms with Crippen molar-refractivity contribution < 1.29 is 23.9 Å². The third-order valence-electron chi connectivity index (χ3n) is 4.99. The van der Waals surface area contributed by atoms with Gasteiger partial charge in [-0.15, -0.1) is 0 Å². The second-order valence-corrected chi connectivity index (χ2v) is 6.72. The number of carboxylic acid groups (broad SMARTS) is 1. The van der Waals surface area contributed by atoms with E-state index in [4.69, 9.17) is 0 Å². The summed E-state index contributed by atoms with van der Waals surface area (Å²) in [6.07, 6.45) is 2.40. The molecular formula is C18H22FN3O4. The lowest BCUT2D eigenvalue weighted by atomic mass is 9.96. The van der Waals surface area contributed by atoms with Gasteiger partial charge in [0.2, 0.25) is 5.91 Å². The van der Waals surface area contributed by atoms with Crippen molar-refractivity contribution in [3.63, 3.8) is 0 Å². The monoisotopic (exact) mass is 363 g/mol. The topological polar surface area (TPSA) is 90.0 Å². The molecule has 8 heteroatoms. The quantitative estimate of drug-likeness (QED) is 0.861. The summed E-state index contributed by atoms with van der Waals surface area (Å²) in [4.78, 5) is 39.4. The van der Waals surface area contributed by atoms with Gasteiger partial charge in [0.25, 0.3) is 0 Å². The number of hydrogen-bond donors (Lipinski definition) is 2. The van der Waals surface area contributed by atoms with Crippen molar-refractivity contribution in [2.24, 2.45) is 5.92 Å². The molecular weight excluding hydrogens is 341 g/mol. The minimum Gasteiger partial charge on any atom is -0.480 e. The van der Waals surface area contributed by atoms with E-state index >= 15 is 0 Å². The first-order valence-electron chi connectivity index (χ1n) is 8.81. The fourth-order valence-electron chi connectivity index (χ4n) is 3.64. The number of para-hydroxylation sites is 1. The van der Waals surface area contributed by atoms with Crippen LogP contribution >= 0.6 is 0 Å². The molecule has 2 unspecified atom stereocenters. The van der Waals surface area contributed by atoms with Crippen LogP contribution in [-0.2, 0) is 9.59 Å². The molecule has 2 aliphatic heterocycles. The molecule has 3 rings (SSSR count). The van der Waals surface area contributed by atoms with Gasteiger partial charge in [0.05, 0.1) is 11.6 Å². The number of urea groups is 1. The number of carbonyl (C=O) groups is 3. The molecule has 0 aromatic heterocycles. The van der Waals surface area contributed by atoms with Crippen LogP contribution in [0.4, 0.5) is 14.9 Å². The Kier molecular flexibility index (Phi) is 5.39. The molecule has 2 heterocycles. The van der Waals surface area contributed by atoms with E-state index in [0.29, 0.717) is 38.8 Å². The molecule has 0 bridgehead atoms. The SMILES string of the molecule is O=C(O)C1CCCN1C(=O)C1CCCN(C(=O)Nc2ccccc2F)C1. The first kappa shape index (κ1) is 18.2. The zero-order valence-corrected chi connectivity index (χ0v) is 14.4. The number of nitrogens with zero attached hydrogens (tertiary/aromatic N) is 2. The standard InChI is InChI=1S/C18H22FN3O4/c19-13-6-1-2-7-14(13)20-18(26)21-9-3-5-12(11-21)16(23)22-10-4-8-15(22)17(24)25/h1-2,6-7,12,15H,3-5,8-11H2,(H,20,26)(H,24,25). The number of benzene rings is 1. The predicted octanol–water partition coefficient (Wildman–Crippen LogP) is 2.15. The number of rotatable bonds is 3. The van der Waals surface area contributed by atoms with Crippen LogP contribution in [0.1, 0.15) is 25.7 Å². The first-order valence-corrected chi connectivity index (χ1v) is 8.81. The van der Waals surface area contributed by atoms with Gasteiger partial charge in [-0.1, -0.05) is 12.1 Å². The van der Waals surface area contributed by atoms with Crippen molar-refractivity contribution >= 4 is 23.6 Å². The van der Waals surface area contributed by atoms with Gasteiger partial charge < -0.3 is 20.2 Å². The maximum Gasteiger partial charge on any atom is 0.326 e. The molecule has 0 radical (unpaired) electrons. The Morgan fingerprint density at radius 2 is 1.85 bits per heavy atom. The molecule has 2 saturated heterocycles. The summed E-state index contributed by atoms with van der Waals surface area (Å²) in [5.41, 5.74) is 0.0939. The van der Waals surface area contributed by atoms with Gasteiger partial charge >= 0.3 is 12.0 Å². The van der Waals surface area contributed by atoms with Crippen LogP contribution in [-0.4, -0.2) is 58.5 Å². The predicted molar refractivity (Wildman–Crippen MR) is 92.1 cm³/mol. The van der Waals surface area contributed by atoms with E-state index in [0.717, 1.165) is 0 Å². The highest BCUT2D eigenvalue weighted by molar-refractivity contribution is 5.90. The van der Waals surface area contributed by atoms with Gasteiger partial charge in [-0.3, -0.25) is 4.79 Å². The summed E-state index contributed by atoms with van der Waals surface area (Å²) in [6, 6.07) is 4.67. The van der Waals surface area contributed by atoms with E-state index in [1.54, 1.807) is 6.07 Å².